The number of benzene rings is 1. The van der Waals surface area contributed by atoms with Crippen LogP contribution in [0, 0.1) is 0 Å². The van der Waals surface area contributed by atoms with Crippen molar-refractivity contribution in [3.8, 4) is 0 Å². The van der Waals surface area contributed by atoms with Crippen molar-refractivity contribution < 1.29 is 4.79 Å². The SMILES string of the molecule is CC(C)(C)NC(=O)c1ccc(NCCc2ccc(Cl)cc2Cl)cn1. The Bertz CT molecular complexity index is 709. The molecule has 0 fully saturated rings. The Morgan fingerprint density at radius 2 is 1.92 bits per heavy atom. The van der Waals surface area contributed by atoms with Crippen LogP contribution < -0.4 is 10.6 Å². The molecule has 128 valence electrons. The lowest BCUT2D eigenvalue weighted by Gasteiger charge is -2.20. The average molecular weight is 366 g/mol. The normalized spacial score (nSPS) is 11.2. The number of rotatable bonds is 5. The summed E-state index contributed by atoms with van der Waals surface area (Å²) in [7, 11) is 0. The number of pyridine rings is 1. The van der Waals surface area contributed by atoms with Gasteiger partial charge in [0.1, 0.15) is 5.69 Å². The van der Waals surface area contributed by atoms with Crippen LogP contribution in [-0.2, 0) is 6.42 Å². The lowest BCUT2D eigenvalue weighted by molar-refractivity contribution is 0.0914. The zero-order valence-corrected chi connectivity index (χ0v) is 15.5. The molecule has 0 atom stereocenters. The topological polar surface area (TPSA) is 54.0 Å². The van der Waals surface area contributed by atoms with Crippen LogP contribution in [0.15, 0.2) is 36.5 Å². The van der Waals surface area contributed by atoms with E-state index in [4.69, 9.17) is 23.2 Å². The van der Waals surface area contributed by atoms with Crippen molar-refractivity contribution in [2.45, 2.75) is 32.7 Å². The summed E-state index contributed by atoms with van der Waals surface area (Å²) in [6, 6.07) is 9.03. The van der Waals surface area contributed by atoms with E-state index in [2.05, 4.69) is 15.6 Å². The van der Waals surface area contributed by atoms with Gasteiger partial charge in [-0.3, -0.25) is 4.79 Å². The minimum absolute atomic E-state index is 0.179. The molecule has 6 heteroatoms. The third kappa shape index (κ3) is 5.69. The van der Waals surface area contributed by atoms with Crippen LogP contribution in [0.1, 0.15) is 36.8 Å². The zero-order chi connectivity index (χ0) is 17.7. The smallest absolute Gasteiger partial charge is 0.270 e. The molecule has 2 rings (SSSR count). The van der Waals surface area contributed by atoms with Gasteiger partial charge in [0.2, 0.25) is 0 Å². The lowest BCUT2D eigenvalue weighted by Crippen LogP contribution is -2.40. The monoisotopic (exact) mass is 365 g/mol. The zero-order valence-electron chi connectivity index (χ0n) is 14.0. The summed E-state index contributed by atoms with van der Waals surface area (Å²) in [5.74, 6) is -0.179. The Morgan fingerprint density at radius 1 is 1.17 bits per heavy atom. The van der Waals surface area contributed by atoms with E-state index in [0.29, 0.717) is 22.3 Å². The second-order valence-corrected chi connectivity index (χ2v) is 7.39. The Kier molecular flexibility index (Phi) is 6.08. The quantitative estimate of drug-likeness (QED) is 0.815. The maximum Gasteiger partial charge on any atom is 0.270 e. The third-order valence-electron chi connectivity index (χ3n) is 3.22. The first-order valence-electron chi connectivity index (χ1n) is 7.71. The molecule has 2 N–H and O–H groups in total. The van der Waals surface area contributed by atoms with E-state index >= 15 is 0 Å². The molecule has 0 radical (unpaired) electrons. The van der Waals surface area contributed by atoms with E-state index in [1.54, 1.807) is 18.3 Å². The molecule has 0 aliphatic heterocycles. The van der Waals surface area contributed by atoms with Crippen molar-refractivity contribution >= 4 is 34.8 Å². The maximum absolute atomic E-state index is 12.0. The fourth-order valence-electron chi connectivity index (χ4n) is 2.10. The highest BCUT2D eigenvalue weighted by atomic mass is 35.5. The minimum Gasteiger partial charge on any atom is -0.383 e. The van der Waals surface area contributed by atoms with E-state index < -0.39 is 0 Å². The van der Waals surface area contributed by atoms with Gasteiger partial charge in [0.25, 0.3) is 5.91 Å². The molecule has 0 unspecified atom stereocenters. The van der Waals surface area contributed by atoms with Gasteiger partial charge in [-0.25, -0.2) is 4.98 Å². The molecule has 1 aromatic heterocycles. The van der Waals surface area contributed by atoms with Crippen molar-refractivity contribution in [1.82, 2.24) is 10.3 Å². The largest absolute Gasteiger partial charge is 0.383 e. The summed E-state index contributed by atoms with van der Waals surface area (Å²) in [6.45, 7) is 6.50. The molecule has 1 amide bonds. The van der Waals surface area contributed by atoms with Crippen LogP contribution in [0.2, 0.25) is 10.0 Å². The van der Waals surface area contributed by atoms with Gasteiger partial charge in [0.05, 0.1) is 11.9 Å². The number of anilines is 1. The average Bonchev–Trinajstić information content (AvgIpc) is 2.48. The van der Waals surface area contributed by atoms with E-state index in [1.165, 1.54) is 0 Å². The van der Waals surface area contributed by atoms with Gasteiger partial charge in [-0.05, 0) is 57.0 Å². The van der Waals surface area contributed by atoms with Crippen molar-refractivity contribution in [3.63, 3.8) is 0 Å². The minimum atomic E-state index is -0.284. The summed E-state index contributed by atoms with van der Waals surface area (Å²) >= 11 is 12.0. The standard InChI is InChI=1S/C18H21Cl2N3O/c1-18(2,3)23-17(24)16-7-6-14(11-22-16)21-9-8-12-4-5-13(19)10-15(12)20/h4-7,10-11,21H,8-9H2,1-3H3,(H,23,24). The Balaban J connectivity index is 1.89. The summed E-state index contributed by atoms with van der Waals surface area (Å²) in [6.07, 6.45) is 2.42. The molecule has 0 spiro atoms. The van der Waals surface area contributed by atoms with Gasteiger partial charge in [0.15, 0.2) is 0 Å². The molecule has 24 heavy (non-hydrogen) atoms. The predicted octanol–water partition coefficient (Wildman–Crippen LogP) is 4.57. The number of halogens is 2. The molecule has 0 bridgehead atoms. The van der Waals surface area contributed by atoms with Gasteiger partial charge in [0, 0.05) is 22.1 Å². The first kappa shape index (κ1) is 18.6. The molecule has 2 aromatic rings. The Hall–Kier alpha value is -1.78. The van der Waals surface area contributed by atoms with Crippen LogP contribution in [-0.4, -0.2) is 23.0 Å². The number of hydrogen-bond donors (Lipinski definition) is 2. The number of aromatic nitrogens is 1. The number of nitrogens with one attached hydrogen (secondary N) is 2. The molecule has 1 heterocycles. The van der Waals surface area contributed by atoms with Crippen LogP contribution in [0.4, 0.5) is 5.69 Å². The highest BCUT2D eigenvalue weighted by Gasteiger charge is 2.15. The van der Waals surface area contributed by atoms with Gasteiger partial charge in [-0.2, -0.15) is 0 Å². The molecule has 0 aliphatic rings. The first-order chi connectivity index (χ1) is 11.2. The first-order valence-corrected chi connectivity index (χ1v) is 8.46. The maximum atomic E-state index is 12.0. The third-order valence-corrected chi connectivity index (χ3v) is 3.81. The van der Waals surface area contributed by atoms with Crippen LogP contribution in [0.3, 0.4) is 0 Å². The molecule has 0 saturated heterocycles. The fourth-order valence-corrected chi connectivity index (χ4v) is 2.61. The molecule has 0 saturated carbocycles. The Morgan fingerprint density at radius 3 is 2.50 bits per heavy atom. The van der Waals surface area contributed by atoms with E-state index in [0.717, 1.165) is 17.7 Å². The van der Waals surface area contributed by atoms with E-state index in [9.17, 15) is 4.79 Å². The Labute approximate surface area is 152 Å². The highest BCUT2D eigenvalue weighted by molar-refractivity contribution is 6.35. The molecule has 1 aromatic carbocycles. The number of nitrogens with zero attached hydrogens (tertiary/aromatic N) is 1. The van der Waals surface area contributed by atoms with Gasteiger partial charge >= 0.3 is 0 Å². The summed E-state index contributed by atoms with van der Waals surface area (Å²) in [5, 5.41) is 7.44. The second kappa shape index (κ2) is 7.86. The van der Waals surface area contributed by atoms with Crippen molar-refractivity contribution in [2.24, 2.45) is 0 Å². The van der Waals surface area contributed by atoms with Crippen LogP contribution >= 0.6 is 23.2 Å². The second-order valence-electron chi connectivity index (χ2n) is 6.55. The molecular formula is C18H21Cl2N3O. The van der Waals surface area contributed by atoms with Gasteiger partial charge < -0.3 is 10.6 Å². The van der Waals surface area contributed by atoms with E-state index in [-0.39, 0.29) is 11.4 Å². The van der Waals surface area contributed by atoms with Gasteiger partial charge in [-0.1, -0.05) is 29.3 Å². The fraction of sp³-hybridized carbons (Fsp3) is 0.333. The number of carbonyl (C=O) groups is 1. The molecule has 4 nitrogen and oxygen atoms in total. The van der Waals surface area contributed by atoms with E-state index in [1.807, 2.05) is 39.0 Å². The van der Waals surface area contributed by atoms with Crippen molar-refractivity contribution in [2.75, 3.05) is 11.9 Å². The lowest BCUT2D eigenvalue weighted by atomic mass is 10.1. The summed E-state index contributed by atoms with van der Waals surface area (Å²) in [4.78, 5) is 16.2. The van der Waals surface area contributed by atoms with Crippen LogP contribution in [0.25, 0.3) is 0 Å². The summed E-state index contributed by atoms with van der Waals surface area (Å²) < 4.78 is 0. The van der Waals surface area contributed by atoms with Crippen molar-refractivity contribution in [1.29, 1.82) is 0 Å². The van der Waals surface area contributed by atoms with Crippen LogP contribution in [0.5, 0.6) is 0 Å². The summed E-state index contributed by atoms with van der Waals surface area (Å²) in [5.41, 5.74) is 2.00. The number of amides is 1. The highest BCUT2D eigenvalue weighted by Crippen LogP contribution is 2.21. The van der Waals surface area contributed by atoms with Gasteiger partial charge in [-0.15, -0.1) is 0 Å². The number of hydrogen-bond acceptors (Lipinski definition) is 3. The predicted molar refractivity (Wildman–Crippen MR) is 100 cm³/mol. The number of carbonyl (C=O) groups excluding carboxylic acids is 1. The molecular weight excluding hydrogens is 345 g/mol. The molecule has 0 aliphatic carbocycles. The van der Waals surface area contributed by atoms with Crippen molar-refractivity contribution in [3.05, 3.63) is 57.8 Å².